The van der Waals surface area contributed by atoms with Crippen LogP contribution in [-0.4, -0.2) is 29.4 Å². The molecule has 0 rings (SSSR count). The maximum Gasteiger partial charge on any atom is 1.00 e. The Balaban J connectivity index is 0. The van der Waals surface area contributed by atoms with Crippen LogP contribution in [0.2, 0.25) is 0 Å². The van der Waals surface area contributed by atoms with Crippen molar-refractivity contribution in [1.29, 1.82) is 0 Å². The van der Waals surface area contributed by atoms with Crippen molar-refractivity contribution >= 4 is 10.1 Å². The van der Waals surface area contributed by atoms with Crippen molar-refractivity contribution in [2.24, 2.45) is 0 Å². The smallest absolute Gasteiger partial charge is 0.748 e. The first-order chi connectivity index (χ1) is 9.41. The molecule has 0 aromatic rings. The molecule has 0 aliphatic carbocycles. The molecular formula is C15H31KO4S. The fraction of sp³-hybridized carbons (Fsp3) is 1.00. The van der Waals surface area contributed by atoms with Crippen molar-refractivity contribution in [3.8, 4) is 0 Å². The third-order valence-electron chi connectivity index (χ3n) is 3.83. The molecule has 0 saturated carbocycles. The third kappa shape index (κ3) is 14.8. The first-order valence-corrected chi connectivity index (χ1v) is 9.51. The Morgan fingerprint density at radius 2 is 1.43 bits per heavy atom. The molecule has 21 heavy (non-hydrogen) atoms. The fourth-order valence-corrected chi connectivity index (χ4v) is 3.22. The molecule has 0 aliphatic heterocycles. The minimum atomic E-state index is -4.23. The number of hydrogen-bond acceptors (Lipinski definition) is 4. The predicted molar refractivity (Wildman–Crippen MR) is 81.6 cm³/mol. The van der Waals surface area contributed by atoms with Gasteiger partial charge in [-0.2, -0.15) is 0 Å². The molecule has 0 amide bonds. The Morgan fingerprint density at radius 1 is 0.905 bits per heavy atom. The van der Waals surface area contributed by atoms with Crippen molar-refractivity contribution < 1.29 is 69.5 Å². The van der Waals surface area contributed by atoms with Gasteiger partial charge in [0.2, 0.25) is 0 Å². The summed E-state index contributed by atoms with van der Waals surface area (Å²) in [5, 5.41) is 8.65. The molecule has 0 heterocycles. The molecule has 2 atom stereocenters. The van der Waals surface area contributed by atoms with Gasteiger partial charge in [0.05, 0.1) is 16.2 Å². The SMILES string of the molecule is CCCCCCCCCC(CCC(O)CC)S(=O)(=O)[O-].[K+]. The summed E-state index contributed by atoms with van der Waals surface area (Å²) < 4.78 is 33.6. The summed E-state index contributed by atoms with van der Waals surface area (Å²) in [4.78, 5) is 0. The van der Waals surface area contributed by atoms with E-state index in [-0.39, 0.29) is 57.8 Å². The zero-order valence-electron chi connectivity index (χ0n) is 14.0. The number of aliphatic hydroxyl groups is 1. The molecule has 1 N–H and O–H groups in total. The van der Waals surface area contributed by atoms with Gasteiger partial charge in [0, 0.05) is 5.25 Å². The predicted octanol–water partition coefficient (Wildman–Crippen LogP) is 0.596. The minimum absolute atomic E-state index is 0. The molecule has 122 valence electrons. The molecule has 0 spiro atoms. The van der Waals surface area contributed by atoms with Gasteiger partial charge in [-0.25, -0.2) is 8.42 Å². The molecule has 0 bridgehead atoms. The Kier molecular flexibility index (Phi) is 17.8. The molecule has 2 unspecified atom stereocenters. The van der Waals surface area contributed by atoms with E-state index in [0.717, 1.165) is 19.3 Å². The Hall–Kier alpha value is 1.51. The maximum absolute atomic E-state index is 11.2. The van der Waals surface area contributed by atoms with Crippen molar-refractivity contribution in [2.75, 3.05) is 0 Å². The topological polar surface area (TPSA) is 77.4 Å². The normalized spacial score (nSPS) is 14.5. The second kappa shape index (κ2) is 15.1. The minimum Gasteiger partial charge on any atom is -0.748 e. The summed E-state index contributed by atoms with van der Waals surface area (Å²) in [5.74, 6) is 0. The van der Waals surface area contributed by atoms with Crippen LogP contribution in [0.15, 0.2) is 0 Å². The summed E-state index contributed by atoms with van der Waals surface area (Å²) in [5.41, 5.74) is 0. The Labute approximate surface area is 173 Å². The van der Waals surface area contributed by atoms with Crippen LogP contribution in [0, 0.1) is 0 Å². The van der Waals surface area contributed by atoms with Gasteiger partial charge in [0.1, 0.15) is 0 Å². The quantitative estimate of drug-likeness (QED) is 0.301. The van der Waals surface area contributed by atoms with Crippen LogP contribution in [0.25, 0.3) is 0 Å². The zero-order valence-corrected chi connectivity index (χ0v) is 18.0. The van der Waals surface area contributed by atoms with Crippen LogP contribution < -0.4 is 51.4 Å². The van der Waals surface area contributed by atoms with Crippen LogP contribution in [0.3, 0.4) is 0 Å². The molecule has 0 aromatic heterocycles. The Morgan fingerprint density at radius 3 is 1.90 bits per heavy atom. The molecule has 0 fully saturated rings. The molecule has 0 radical (unpaired) electrons. The van der Waals surface area contributed by atoms with Crippen molar-refractivity contribution in [2.45, 2.75) is 95.8 Å². The summed E-state index contributed by atoms with van der Waals surface area (Å²) in [6.45, 7) is 4.02. The van der Waals surface area contributed by atoms with E-state index in [1.807, 2.05) is 6.92 Å². The fourth-order valence-electron chi connectivity index (χ4n) is 2.34. The summed E-state index contributed by atoms with van der Waals surface area (Å²) >= 11 is 0. The van der Waals surface area contributed by atoms with Gasteiger partial charge >= 0.3 is 51.4 Å². The van der Waals surface area contributed by atoms with E-state index >= 15 is 0 Å². The first kappa shape index (κ1) is 24.8. The molecule has 0 saturated heterocycles. The summed E-state index contributed by atoms with van der Waals surface area (Å²) in [7, 11) is -4.23. The van der Waals surface area contributed by atoms with Crippen molar-refractivity contribution in [1.82, 2.24) is 0 Å². The van der Waals surface area contributed by atoms with Gasteiger partial charge < -0.3 is 9.66 Å². The maximum atomic E-state index is 11.2. The van der Waals surface area contributed by atoms with E-state index < -0.39 is 21.5 Å². The summed E-state index contributed by atoms with van der Waals surface area (Å²) in [6.07, 6.45) is 9.04. The third-order valence-corrected chi connectivity index (χ3v) is 5.12. The van der Waals surface area contributed by atoms with Crippen LogP contribution >= 0.6 is 0 Å². The second-order valence-corrected chi connectivity index (χ2v) is 7.32. The van der Waals surface area contributed by atoms with E-state index in [9.17, 15) is 18.1 Å². The van der Waals surface area contributed by atoms with Crippen LogP contribution in [0.1, 0.15) is 84.5 Å². The van der Waals surface area contributed by atoms with Gasteiger partial charge in [-0.3, -0.25) is 0 Å². The first-order valence-electron chi connectivity index (χ1n) is 8.04. The average Bonchev–Trinajstić information content (AvgIpc) is 2.39. The second-order valence-electron chi connectivity index (χ2n) is 5.66. The van der Waals surface area contributed by atoms with E-state index in [1.165, 1.54) is 25.7 Å². The van der Waals surface area contributed by atoms with Crippen LogP contribution in [0.4, 0.5) is 0 Å². The van der Waals surface area contributed by atoms with Crippen LogP contribution in [-0.2, 0) is 10.1 Å². The molecule has 4 nitrogen and oxygen atoms in total. The number of rotatable bonds is 13. The molecule has 0 aliphatic rings. The molecule has 6 heteroatoms. The standard InChI is InChI=1S/C15H32O4S.K/c1-3-5-6-7-8-9-10-11-15(20(17,18)19)13-12-14(16)4-2;/h14-16H,3-13H2,1-2H3,(H,17,18,19);/q;+1/p-1. The van der Waals surface area contributed by atoms with E-state index in [4.69, 9.17) is 0 Å². The van der Waals surface area contributed by atoms with E-state index in [1.54, 1.807) is 0 Å². The van der Waals surface area contributed by atoms with E-state index in [2.05, 4.69) is 6.92 Å². The van der Waals surface area contributed by atoms with E-state index in [0.29, 0.717) is 19.3 Å². The van der Waals surface area contributed by atoms with Gasteiger partial charge in [-0.05, 0) is 25.7 Å². The van der Waals surface area contributed by atoms with Gasteiger partial charge in [-0.15, -0.1) is 0 Å². The largest absolute Gasteiger partial charge is 1.00 e. The van der Waals surface area contributed by atoms with Crippen molar-refractivity contribution in [3.63, 3.8) is 0 Å². The van der Waals surface area contributed by atoms with Gasteiger partial charge in [0.25, 0.3) is 0 Å². The zero-order chi connectivity index (χ0) is 15.4. The average molecular weight is 347 g/mol. The Bertz CT molecular complexity index is 320. The van der Waals surface area contributed by atoms with Crippen molar-refractivity contribution in [3.05, 3.63) is 0 Å². The molecular weight excluding hydrogens is 315 g/mol. The van der Waals surface area contributed by atoms with Gasteiger partial charge in [-0.1, -0.05) is 58.8 Å². The number of aliphatic hydroxyl groups excluding tert-OH is 1. The van der Waals surface area contributed by atoms with Crippen LogP contribution in [0.5, 0.6) is 0 Å². The molecule has 0 aromatic carbocycles. The van der Waals surface area contributed by atoms with Gasteiger partial charge in [0.15, 0.2) is 0 Å². The summed E-state index contributed by atoms with van der Waals surface area (Å²) in [6, 6.07) is 0. The number of hydrogen-bond donors (Lipinski definition) is 1. The monoisotopic (exact) mass is 346 g/mol. The number of unbranched alkanes of at least 4 members (excludes halogenated alkanes) is 6.